The Morgan fingerprint density at radius 1 is 1.08 bits per heavy atom. The topological polar surface area (TPSA) is 39.9 Å². The van der Waals surface area contributed by atoms with E-state index in [1.54, 1.807) is 11.8 Å². The average molecular weight is 408 g/mol. The molecule has 0 saturated heterocycles. The molecule has 0 aliphatic heterocycles. The number of aromatic nitrogens is 3. The molecule has 0 saturated carbocycles. The van der Waals surface area contributed by atoms with E-state index in [1.807, 2.05) is 43.3 Å². The fourth-order valence-corrected chi connectivity index (χ4v) is 3.95. The fourth-order valence-electron chi connectivity index (χ4n) is 2.54. The Labute approximate surface area is 167 Å². The molecule has 0 aliphatic carbocycles. The predicted molar refractivity (Wildman–Crippen MR) is 107 cm³/mol. The number of hydrogen-bond acceptors (Lipinski definition) is 4. The van der Waals surface area contributed by atoms with Gasteiger partial charge in [-0.1, -0.05) is 47.1 Å². The molecular weight excluding hydrogens is 389 g/mol. The Kier molecular flexibility index (Phi) is 6.46. The lowest BCUT2D eigenvalue weighted by Crippen LogP contribution is -2.07. The molecule has 7 heteroatoms. The molecule has 4 nitrogen and oxygen atoms in total. The van der Waals surface area contributed by atoms with Gasteiger partial charge in [-0.3, -0.25) is 0 Å². The summed E-state index contributed by atoms with van der Waals surface area (Å²) in [6.45, 7) is 5.19. The van der Waals surface area contributed by atoms with Gasteiger partial charge in [0.25, 0.3) is 0 Å². The molecule has 0 aliphatic rings. The van der Waals surface area contributed by atoms with Crippen LogP contribution >= 0.6 is 35.0 Å². The molecule has 0 fully saturated rings. The lowest BCUT2D eigenvalue weighted by atomic mass is 10.2. The van der Waals surface area contributed by atoms with Crippen molar-refractivity contribution in [1.29, 1.82) is 0 Å². The summed E-state index contributed by atoms with van der Waals surface area (Å²) in [5.74, 6) is 2.39. The maximum Gasteiger partial charge on any atom is 0.191 e. The van der Waals surface area contributed by atoms with Crippen LogP contribution in [0, 0.1) is 6.92 Å². The van der Waals surface area contributed by atoms with E-state index >= 15 is 0 Å². The molecular formula is C19H19Cl2N3OS. The number of aryl methyl sites for hydroxylation is 1. The van der Waals surface area contributed by atoms with Crippen LogP contribution in [0.1, 0.15) is 23.9 Å². The quantitative estimate of drug-likeness (QED) is 0.465. The molecule has 1 heterocycles. The highest BCUT2D eigenvalue weighted by Crippen LogP contribution is 2.25. The van der Waals surface area contributed by atoms with Crippen molar-refractivity contribution in [3.63, 3.8) is 0 Å². The number of benzene rings is 2. The van der Waals surface area contributed by atoms with Gasteiger partial charge >= 0.3 is 0 Å². The third-order valence-electron chi connectivity index (χ3n) is 3.86. The van der Waals surface area contributed by atoms with Crippen LogP contribution in [0.25, 0.3) is 0 Å². The molecule has 0 N–H and O–H groups in total. The summed E-state index contributed by atoms with van der Waals surface area (Å²) >= 11 is 13.7. The first-order chi connectivity index (χ1) is 12.6. The Bertz CT molecular complexity index is 898. The first-order valence-electron chi connectivity index (χ1n) is 8.25. The predicted octanol–water partition coefficient (Wildman–Crippen LogP) is 5.78. The second-order valence-corrected chi connectivity index (χ2v) is 7.58. The molecule has 0 radical (unpaired) electrons. The minimum Gasteiger partial charge on any atom is -0.485 e. The van der Waals surface area contributed by atoms with E-state index in [0.29, 0.717) is 11.6 Å². The third-order valence-corrected chi connectivity index (χ3v) is 5.37. The Balaban J connectivity index is 1.67. The van der Waals surface area contributed by atoms with Crippen molar-refractivity contribution in [3.8, 4) is 5.75 Å². The van der Waals surface area contributed by atoms with Gasteiger partial charge in [0.1, 0.15) is 12.4 Å². The largest absolute Gasteiger partial charge is 0.485 e. The number of ether oxygens (including phenoxy) is 1. The summed E-state index contributed by atoms with van der Waals surface area (Å²) in [6.07, 6.45) is 0. The number of halogens is 2. The van der Waals surface area contributed by atoms with Gasteiger partial charge in [0, 0.05) is 22.3 Å². The van der Waals surface area contributed by atoms with E-state index in [4.69, 9.17) is 27.9 Å². The first kappa shape index (κ1) is 19.1. The monoisotopic (exact) mass is 407 g/mol. The fraction of sp³-hybridized carbons (Fsp3) is 0.263. The first-order valence-corrected chi connectivity index (χ1v) is 9.99. The highest BCUT2D eigenvalue weighted by Gasteiger charge is 2.13. The molecule has 1 aromatic heterocycles. The summed E-state index contributed by atoms with van der Waals surface area (Å²) in [7, 11) is 0. The standard InChI is InChI=1S/C19H19Cl2N3OS/c1-3-24-18(11-25-17-8-7-16(21)9-13(17)2)22-23-19(24)26-12-14-5-4-6-15(20)10-14/h4-10H,3,11-12H2,1-2H3. The summed E-state index contributed by atoms with van der Waals surface area (Å²) in [6, 6.07) is 13.4. The molecule has 26 heavy (non-hydrogen) atoms. The normalized spacial score (nSPS) is 10.9. The maximum absolute atomic E-state index is 6.04. The zero-order chi connectivity index (χ0) is 18.5. The summed E-state index contributed by atoms with van der Waals surface area (Å²) in [5, 5.41) is 10.9. The third kappa shape index (κ3) is 4.72. The molecule has 3 rings (SSSR count). The van der Waals surface area contributed by atoms with E-state index < -0.39 is 0 Å². The molecule has 0 spiro atoms. The molecule has 0 atom stereocenters. The minimum absolute atomic E-state index is 0.362. The number of rotatable bonds is 7. The Morgan fingerprint density at radius 3 is 2.62 bits per heavy atom. The highest BCUT2D eigenvalue weighted by atomic mass is 35.5. The van der Waals surface area contributed by atoms with Crippen molar-refractivity contribution in [2.24, 2.45) is 0 Å². The maximum atomic E-state index is 6.04. The van der Waals surface area contributed by atoms with Gasteiger partial charge in [0.05, 0.1) is 0 Å². The van der Waals surface area contributed by atoms with E-state index in [0.717, 1.165) is 45.2 Å². The van der Waals surface area contributed by atoms with Gasteiger partial charge in [-0.2, -0.15) is 0 Å². The van der Waals surface area contributed by atoms with Crippen molar-refractivity contribution in [1.82, 2.24) is 14.8 Å². The minimum atomic E-state index is 0.362. The van der Waals surface area contributed by atoms with Gasteiger partial charge in [-0.05, 0) is 55.3 Å². The second-order valence-electron chi connectivity index (χ2n) is 5.76. The lowest BCUT2D eigenvalue weighted by Gasteiger charge is -2.10. The number of nitrogens with zero attached hydrogens (tertiary/aromatic N) is 3. The average Bonchev–Trinajstić information content (AvgIpc) is 3.01. The zero-order valence-electron chi connectivity index (χ0n) is 14.6. The van der Waals surface area contributed by atoms with Crippen LogP contribution in [0.2, 0.25) is 10.0 Å². The van der Waals surface area contributed by atoms with E-state index in [-0.39, 0.29) is 0 Å². The molecule has 0 amide bonds. The van der Waals surface area contributed by atoms with E-state index in [2.05, 4.69) is 27.8 Å². The van der Waals surface area contributed by atoms with Gasteiger partial charge in [-0.25, -0.2) is 0 Å². The number of hydrogen-bond donors (Lipinski definition) is 0. The molecule has 3 aromatic rings. The van der Waals surface area contributed by atoms with Crippen LogP contribution in [0.4, 0.5) is 0 Å². The summed E-state index contributed by atoms with van der Waals surface area (Å²) in [5.41, 5.74) is 2.15. The van der Waals surface area contributed by atoms with Crippen LogP contribution in [0.5, 0.6) is 5.75 Å². The summed E-state index contributed by atoms with van der Waals surface area (Å²) < 4.78 is 7.97. The molecule has 2 aromatic carbocycles. The van der Waals surface area contributed by atoms with Crippen molar-refractivity contribution < 1.29 is 4.74 Å². The van der Waals surface area contributed by atoms with Crippen molar-refractivity contribution in [3.05, 3.63) is 69.5 Å². The SMILES string of the molecule is CCn1c(COc2ccc(Cl)cc2C)nnc1SCc1cccc(Cl)c1. The van der Waals surface area contributed by atoms with Gasteiger partial charge in [0.15, 0.2) is 11.0 Å². The van der Waals surface area contributed by atoms with Crippen LogP contribution in [-0.2, 0) is 18.9 Å². The number of thioether (sulfide) groups is 1. The highest BCUT2D eigenvalue weighted by molar-refractivity contribution is 7.98. The Hall–Kier alpha value is -1.69. The molecule has 0 bridgehead atoms. The zero-order valence-corrected chi connectivity index (χ0v) is 16.9. The van der Waals surface area contributed by atoms with Crippen molar-refractivity contribution >= 4 is 35.0 Å². The Morgan fingerprint density at radius 2 is 1.88 bits per heavy atom. The van der Waals surface area contributed by atoms with Gasteiger partial charge < -0.3 is 9.30 Å². The van der Waals surface area contributed by atoms with Gasteiger partial charge in [0.2, 0.25) is 0 Å². The van der Waals surface area contributed by atoms with Crippen molar-refractivity contribution in [2.75, 3.05) is 0 Å². The van der Waals surface area contributed by atoms with Crippen LogP contribution in [0.3, 0.4) is 0 Å². The second kappa shape index (κ2) is 8.80. The van der Waals surface area contributed by atoms with E-state index in [1.165, 1.54) is 0 Å². The van der Waals surface area contributed by atoms with Crippen molar-refractivity contribution in [2.45, 2.75) is 37.9 Å². The molecule has 136 valence electrons. The van der Waals surface area contributed by atoms with Gasteiger partial charge in [-0.15, -0.1) is 10.2 Å². The van der Waals surface area contributed by atoms with Crippen LogP contribution in [0.15, 0.2) is 47.6 Å². The van der Waals surface area contributed by atoms with E-state index in [9.17, 15) is 0 Å². The smallest absolute Gasteiger partial charge is 0.191 e. The summed E-state index contributed by atoms with van der Waals surface area (Å²) in [4.78, 5) is 0. The van der Waals surface area contributed by atoms with Crippen LogP contribution in [-0.4, -0.2) is 14.8 Å². The lowest BCUT2D eigenvalue weighted by molar-refractivity contribution is 0.286. The molecule has 0 unspecified atom stereocenters. The van der Waals surface area contributed by atoms with Crippen LogP contribution < -0.4 is 4.74 Å².